The zero-order chi connectivity index (χ0) is 20.3. The van der Waals surface area contributed by atoms with Crippen molar-refractivity contribution in [2.45, 2.75) is 27.7 Å². The first-order valence-electron chi connectivity index (χ1n) is 9.08. The molecule has 0 radical (unpaired) electrons. The first-order valence-corrected chi connectivity index (χ1v) is 9.08. The van der Waals surface area contributed by atoms with Crippen molar-refractivity contribution in [3.05, 3.63) is 75.6 Å². The zero-order valence-electron chi connectivity index (χ0n) is 16.4. The van der Waals surface area contributed by atoms with Gasteiger partial charge in [-0.2, -0.15) is 0 Å². The van der Waals surface area contributed by atoms with Gasteiger partial charge in [0.1, 0.15) is 6.33 Å². The third-order valence-electron chi connectivity index (χ3n) is 4.36. The summed E-state index contributed by atoms with van der Waals surface area (Å²) < 4.78 is 0. The van der Waals surface area contributed by atoms with Crippen molar-refractivity contribution in [1.29, 1.82) is 0 Å². The second-order valence-corrected chi connectivity index (χ2v) is 6.74. The second kappa shape index (κ2) is 8.04. The van der Waals surface area contributed by atoms with Gasteiger partial charge >= 0.3 is 5.69 Å². The summed E-state index contributed by atoms with van der Waals surface area (Å²) in [5.74, 6) is 0.436. The average molecular weight is 377 g/mol. The van der Waals surface area contributed by atoms with Gasteiger partial charge in [0.15, 0.2) is 0 Å². The van der Waals surface area contributed by atoms with E-state index in [0.29, 0.717) is 6.54 Å². The number of aryl methyl sites for hydroxylation is 3. The van der Waals surface area contributed by atoms with Crippen LogP contribution in [0.25, 0.3) is 0 Å². The van der Waals surface area contributed by atoms with Crippen LogP contribution in [0, 0.1) is 30.9 Å². The van der Waals surface area contributed by atoms with Crippen molar-refractivity contribution in [3.8, 4) is 0 Å². The highest BCUT2D eigenvalue weighted by molar-refractivity contribution is 5.78. The molecule has 1 N–H and O–H groups in total. The van der Waals surface area contributed by atoms with Crippen LogP contribution in [0.15, 0.2) is 48.8 Å². The normalized spacial score (nSPS) is 10.6. The lowest BCUT2D eigenvalue weighted by atomic mass is 10.1. The molecule has 0 fully saturated rings. The molecule has 2 aromatic carbocycles. The van der Waals surface area contributed by atoms with Gasteiger partial charge in [-0.25, -0.2) is 9.97 Å². The molecule has 0 bridgehead atoms. The Morgan fingerprint density at radius 2 is 1.75 bits per heavy atom. The molecular formula is C21H23N5O2. The predicted octanol–water partition coefficient (Wildman–Crippen LogP) is 5.21. The summed E-state index contributed by atoms with van der Waals surface area (Å²) in [7, 11) is 0. The number of hydrogen-bond acceptors (Lipinski definition) is 6. The standard InChI is InChI=1S/C21H23N5O2/c1-5-25(18-8-6-7-14(2)12-18)21-19(26(27)28)20(22-13-23-21)24-17-10-15(3)9-16(4)11-17/h6-13H,5H2,1-4H3,(H,22,23,24). The fraction of sp³-hybridized carbons (Fsp3) is 0.238. The van der Waals surface area contributed by atoms with E-state index in [-0.39, 0.29) is 17.3 Å². The van der Waals surface area contributed by atoms with Crippen molar-refractivity contribution in [2.24, 2.45) is 0 Å². The molecule has 0 unspecified atom stereocenters. The molecule has 0 atom stereocenters. The van der Waals surface area contributed by atoms with Crippen molar-refractivity contribution in [1.82, 2.24) is 9.97 Å². The van der Waals surface area contributed by atoms with Crippen LogP contribution in [0.3, 0.4) is 0 Å². The van der Waals surface area contributed by atoms with Gasteiger partial charge in [0, 0.05) is 17.9 Å². The molecule has 0 saturated carbocycles. The zero-order valence-corrected chi connectivity index (χ0v) is 16.4. The van der Waals surface area contributed by atoms with Crippen LogP contribution in [0.2, 0.25) is 0 Å². The van der Waals surface area contributed by atoms with Gasteiger partial charge in [0.2, 0.25) is 11.6 Å². The predicted molar refractivity (Wildman–Crippen MR) is 112 cm³/mol. The Kier molecular flexibility index (Phi) is 5.54. The molecule has 1 aromatic heterocycles. The minimum atomic E-state index is -0.432. The second-order valence-electron chi connectivity index (χ2n) is 6.74. The van der Waals surface area contributed by atoms with Gasteiger partial charge in [-0.15, -0.1) is 0 Å². The Morgan fingerprint density at radius 3 is 2.36 bits per heavy atom. The van der Waals surface area contributed by atoms with Crippen molar-refractivity contribution < 1.29 is 4.92 Å². The van der Waals surface area contributed by atoms with Gasteiger partial charge in [-0.1, -0.05) is 18.2 Å². The lowest BCUT2D eigenvalue weighted by Crippen LogP contribution is -2.20. The number of hydrogen-bond donors (Lipinski definition) is 1. The van der Waals surface area contributed by atoms with Gasteiger partial charge < -0.3 is 10.2 Å². The molecule has 0 aliphatic heterocycles. The largest absolute Gasteiger partial charge is 0.354 e. The van der Waals surface area contributed by atoms with Gasteiger partial charge in [-0.3, -0.25) is 10.1 Å². The van der Waals surface area contributed by atoms with Crippen LogP contribution >= 0.6 is 0 Å². The number of rotatable bonds is 6. The number of aromatic nitrogens is 2. The summed E-state index contributed by atoms with van der Waals surface area (Å²) >= 11 is 0. The topological polar surface area (TPSA) is 84.2 Å². The Labute approximate surface area is 164 Å². The number of benzene rings is 2. The van der Waals surface area contributed by atoms with Gasteiger partial charge in [0.05, 0.1) is 4.92 Å². The summed E-state index contributed by atoms with van der Waals surface area (Å²) in [4.78, 5) is 21.7. The molecule has 0 saturated heterocycles. The van der Waals surface area contributed by atoms with Gasteiger partial charge in [-0.05, 0) is 68.7 Å². The molecule has 0 amide bonds. The summed E-state index contributed by atoms with van der Waals surface area (Å²) in [6, 6.07) is 13.7. The fourth-order valence-corrected chi connectivity index (χ4v) is 3.26. The van der Waals surface area contributed by atoms with E-state index >= 15 is 0 Å². The molecule has 7 nitrogen and oxygen atoms in total. The Morgan fingerprint density at radius 1 is 1.04 bits per heavy atom. The average Bonchev–Trinajstić information content (AvgIpc) is 2.61. The lowest BCUT2D eigenvalue weighted by Gasteiger charge is -2.22. The third-order valence-corrected chi connectivity index (χ3v) is 4.36. The van der Waals surface area contributed by atoms with Crippen LogP contribution in [-0.2, 0) is 0 Å². The van der Waals surface area contributed by atoms with E-state index in [1.165, 1.54) is 6.33 Å². The van der Waals surface area contributed by atoms with E-state index in [1.54, 1.807) is 0 Å². The first kappa shape index (κ1) is 19.3. The summed E-state index contributed by atoms with van der Waals surface area (Å²) in [5.41, 5.74) is 4.65. The molecule has 0 aliphatic rings. The molecule has 7 heteroatoms. The number of nitro groups is 1. The van der Waals surface area contributed by atoms with Crippen molar-refractivity contribution in [2.75, 3.05) is 16.8 Å². The summed E-state index contributed by atoms with van der Waals surface area (Å²) in [5, 5.41) is 15.0. The van der Waals surface area contributed by atoms with Crippen LogP contribution in [0.5, 0.6) is 0 Å². The maximum absolute atomic E-state index is 11.9. The molecule has 3 rings (SSSR count). The highest BCUT2D eigenvalue weighted by Crippen LogP contribution is 2.37. The molecule has 144 valence electrons. The SMILES string of the molecule is CCN(c1cccc(C)c1)c1ncnc(Nc2cc(C)cc(C)c2)c1[N+](=O)[O-]. The van der Waals surface area contributed by atoms with E-state index in [0.717, 1.165) is 28.1 Å². The molecule has 0 aliphatic carbocycles. The molecule has 28 heavy (non-hydrogen) atoms. The van der Waals surface area contributed by atoms with Crippen molar-refractivity contribution in [3.63, 3.8) is 0 Å². The first-order chi connectivity index (χ1) is 13.4. The summed E-state index contributed by atoms with van der Waals surface area (Å²) in [6.07, 6.45) is 1.35. The monoisotopic (exact) mass is 377 g/mol. The Hall–Kier alpha value is -3.48. The van der Waals surface area contributed by atoms with E-state index in [4.69, 9.17) is 0 Å². The quantitative estimate of drug-likeness (QED) is 0.469. The third kappa shape index (κ3) is 4.09. The Balaban J connectivity index is 2.09. The maximum Gasteiger partial charge on any atom is 0.354 e. The number of anilines is 4. The van der Waals surface area contributed by atoms with E-state index < -0.39 is 4.92 Å². The number of nitrogens with zero attached hydrogens (tertiary/aromatic N) is 4. The van der Waals surface area contributed by atoms with Crippen LogP contribution in [0.1, 0.15) is 23.6 Å². The van der Waals surface area contributed by atoms with Gasteiger partial charge in [0.25, 0.3) is 0 Å². The smallest absolute Gasteiger partial charge is 0.334 e. The summed E-state index contributed by atoms with van der Waals surface area (Å²) in [6.45, 7) is 8.41. The van der Waals surface area contributed by atoms with Crippen molar-refractivity contribution >= 4 is 28.7 Å². The highest BCUT2D eigenvalue weighted by Gasteiger charge is 2.27. The molecule has 1 heterocycles. The molecule has 0 spiro atoms. The minimum Gasteiger partial charge on any atom is -0.334 e. The lowest BCUT2D eigenvalue weighted by molar-refractivity contribution is -0.383. The molecule has 3 aromatic rings. The van der Waals surface area contributed by atoms with Crippen LogP contribution < -0.4 is 10.2 Å². The maximum atomic E-state index is 11.9. The molecular weight excluding hydrogens is 354 g/mol. The number of nitrogens with one attached hydrogen (secondary N) is 1. The Bertz CT molecular complexity index is 999. The van der Waals surface area contributed by atoms with E-state index in [9.17, 15) is 10.1 Å². The minimum absolute atomic E-state index is 0.148. The van der Waals surface area contributed by atoms with Crippen LogP contribution in [0.4, 0.5) is 28.7 Å². The highest BCUT2D eigenvalue weighted by atomic mass is 16.6. The van der Waals surface area contributed by atoms with Crippen LogP contribution in [-0.4, -0.2) is 21.4 Å². The fourth-order valence-electron chi connectivity index (χ4n) is 3.26. The van der Waals surface area contributed by atoms with E-state index in [1.807, 2.05) is 75.1 Å². The van der Waals surface area contributed by atoms with E-state index in [2.05, 4.69) is 15.3 Å².